The van der Waals surface area contributed by atoms with Crippen molar-refractivity contribution in [2.75, 3.05) is 13.1 Å². The number of hydrogen-bond donors (Lipinski definition) is 1. The molecule has 0 spiro atoms. The number of carboxylic acid groups (broad SMARTS) is 1. The zero-order valence-corrected chi connectivity index (χ0v) is 8.22. The molecule has 0 saturated heterocycles. The molecule has 3 nitrogen and oxygen atoms in total. The summed E-state index contributed by atoms with van der Waals surface area (Å²) < 4.78 is 0. The molecule has 0 aliphatic rings. The molecule has 0 bridgehead atoms. The first-order chi connectivity index (χ1) is 5.54. The van der Waals surface area contributed by atoms with Crippen LogP contribution in [-0.2, 0) is 4.79 Å². The number of nitrogens with zero attached hydrogens (tertiary/aromatic N) is 1. The Bertz CT molecular complexity index is 189. The Hall–Kier alpha value is -0.990. The standard InChI is InChI=1S/C9H17NO2/c1-5-10(6-2)8(7(3)4)9(11)12/h5-6H2,1-4H3,(H,11,12). The number of carboxylic acids is 1. The molecule has 0 rings (SSSR count). The number of likely N-dealkylation sites (N-methyl/N-ethyl adjacent to an activating group) is 1. The number of aliphatic carboxylic acids is 1. The lowest BCUT2D eigenvalue weighted by atomic mass is 10.2. The quantitative estimate of drug-likeness (QED) is 0.654. The maximum absolute atomic E-state index is 10.8. The minimum atomic E-state index is -0.835. The van der Waals surface area contributed by atoms with Gasteiger partial charge in [0.15, 0.2) is 0 Å². The van der Waals surface area contributed by atoms with Crippen molar-refractivity contribution in [1.29, 1.82) is 0 Å². The van der Waals surface area contributed by atoms with Crippen LogP contribution >= 0.6 is 0 Å². The number of rotatable bonds is 4. The molecule has 0 heterocycles. The lowest BCUT2D eigenvalue weighted by Gasteiger charge is -2.22. The van der Waals surface area contributed by atoms with Crippen LogP contribution in [0.3, 0.4) is 0 Å². The highest BCUT2D eigenvalue weighted by atomic mass is 16.4. The van der Waals surface area contributed by atoms with Gasteiger partial charge in [-0.15, -0.1) is 0 Å². The average molecular weight is 171 g/mol. The van der Waals surface area contributed by atoms with Gasteiger partial charge in [-0.2, -0.15) is 0 Å². The molecule has 0 aromatic heterocycles. The lowest BCUT2D eigenvalue weighted by molar-refractivity contribution is -0.134. The van der Waals surface area contributed by atoms with Crippen molar-refractivity contribution in [2.24, 2.45) is 0 Å². The maximum Gasteiger partial charge on any atom is 0.352 e. The van der Waals surface area contributed by atoms with Crippen molar-refractivity contribution in [1.82, 2.24) is 4.90 Å². The molecule has 0 amide bonds. The minimum Gasteiger partial charge on any atom is -0.477 e. The fourth-order valence-corrected chi connectivity index (χ4v) is 1.21. The Morgan fingerprint density at radius 3 is 1.75 bits per heavy atom. The molecular weight excluding hydrogens is 154 g/mol. The van der Waals surface area contributed by atoms with Crippen LogP contribution in [-0.4, -0.2) is 29.1 Å². The molecule has 70 valence electrons. The fraction of sp³-hybridized carbons (Fsp3) is 0.667. The second kappa shape index (κ2) is 4.80. The van der Waals surface area contributed by atoms with Gasteiger partial charge in [0.1, 0.15) is 5.70 Å². The monoisotopic (exact) mass is 171 g/mol. The minimum absolute atomic E-state index is 0.431. The highest BCUT2D eigenvalue weighted by Gasteiger charge is 2.14. The highest BCUT2D eigenvalue weighted by Crippen LogP contribution is 2.09. The second-order valence-corrected chi connectivity index (χ2v) is 2.83. The predicted molar refractivity (Wildman–Crippen MR) is 48.9 cm³/mol. The van der Waals surface area contributed by atoms with Gasteiger partial charge in [0.05, 0.1) is 0 Å². The van der Waals surface area contributed by atoms with Gasteiger partial charge < -0.3 is 10.0 Å². The SMILES string of the molecule is CCN(CC)C(C(=O)O)=C(C)C. The van der Waals surface area contributed by atoms with E-state index in [4.69, 9.17) is 5.11 Å². The Kier molecular flexibility index (Phi) is 4.40. The molecular formula is C9H17NO2. The van der Waals surface area contributed by atoms with Crippen molar-refractivity contribution < 1.29 is 9.90 Å². The molecule has 0 atom stereocenters. The molecule has 0 unspecified atom stereocenters. The summed E-state index contributed by atoms with van der Waals surface area (Å²) in [6.07, 6.45) is 0. The Morgan fingerprint density at radius 2 is 1.67 bits per heavy atom. The van der Waals surface area contributed by atoms with Gasteiger partial charge >= 0.3 is 5.97 Å². The summed E-state index contributed by atoms with van der Waals surface area (Å²) in [6.45, 7) is 9.03. The summed E-state index contributed by atoms with van der Waals surface area (Å²) in [5.41, 5.74) is 1.28. The van der Waals surface area contributed by atoms with E-state index in [0.29, 0.717) is 5.70 Å². The largest absolute Gasteiger partial charge is 0.477 e. The summed E-state index contributed by atoms with van der Waals surface area (Å²) >= 11 is 0. The summed E-state index contributed by atoms with van der Waals surface area (Å²) in [5.74, 6) is -0.835. The molecule has 0 saturated carbocycles. The van der Waals surface area contributed by atoms with E-state index in [1.807, 2.05) is 32.6 Å². The first-order valence-electron chi connectivity index (χ1n) is 4.20. The molecule has 3 heteroatoms. The first kappa shape index (κ1) is 11.0. The van der Waals surface area contributed by atoms with Crippen LogP contribution in [0.1, 0.15) is 27.7 Å². The summed E-state index contributed by atoms with van der Waals surface area (Å²) in [6, 6.07) is 0. The van der Waals surface area contributed by atoms with Crippen molar-refractivity contribution >= 4 is 5.97 Å². The van der Waals surface area contributed by atoms with E-state index in [1.165, 1.54) is 0 Å². The molecule has 1 N–H and O–H groups in total. The third kappa shape index (κ3) is 2.57. The number of carbonyl (C=O) groups is 1. The Labute approximate surface area is 73.7 Å². The molecule has 12 heavy (non-hydrogen) atoms. The van der Waals surface area contributed by atoms with Gasteiger partial charge in [0, 0.05) is 13.1 Å². The fourth-order valence-electron chi connectivity index (χ4n) is 1.21. The van der Waals surface area contributed by atoms with Gasteiger partial charge in [-0.05, 0) is 33.3 Å². The maximum atomic E-state index is 10.8. The van der Waals surface area contributed by atoms with E-state index >= 15 is 0 Å². The molecule has 0 fully saturated rings. The summed E-state index contributed by atoms with van der Waals surface area (Å²) in [4.78, 5) is 12.6. The van der Waals surface area contributed by atoms with Gasteiger partial charge in [0.25, 0.3) is 0 Å². The highest BCUT2D eigenvalue weighted by molar-refractivity contribution is 5.86. The van der Waals surface area contributed by atoms with Gasteiger partial charge in [-0.25, -0.2) is 4.79 Å². The normalized spacial score (nSPS) is 9.33. The Morgan fingerprint density at radius 1 is 1.25 bits per heavy atom. The molecule has 0 radical (unpaired) electrons. The van der Waals surface area contributed by atoms with Gasteiger partial charge in [-0.3, -0.25) is 0 Å². The van der Waals surface area contributed by atoms with E-state index in [-0.39, 0.29) is 0 Å². The van der Waals surface area contributed by atoms with Crippen molar-refractivity contribution in [3.63, 3.8) is 0 Å². The summed E-state index contributed by atoms with van der Waals surface area (Å²) in [7, 11) is 0. The summed E-state index contributed by atoms with van der Waals surface area (Å²) in [5, 5.41) is 8.88. The van der Waals surface area contributed by atoms with Crippen molar-refractivity contribution in [3.05, 3.63) is 11.3 Å². The van der Waals surface area contributed by atoms with Gasteiger partial charge in [0.2, 0.25) is 0 Å². The van der Waals surface area contributed by atoms with Crippen molar-refractivity contribution in [3.8, 4) is 0 Å². The van der Waals surface area contributed by atoms with Crippen LogP contribution in [0.2, 0.25) is 0 Å². The van der Waals surface area contributed by atoms with Crippen LogP contribution in [0.5, 0.6) is 0 Å². The van der Waals surface area contributed by atoms with E-state index in [2.05, 4.69) is 0 Å². The molecule has 0 aliphatic heterocycles. The molecule has 0 aromatic rings. The lowest BCUT2D eigenvalue weighted by Crippen LogP contribution is -2.28. The van der Waals surface area contributed by atoms with Crippen molar-refractivity contribution in [2.45, 2.75) is 27.7 Å². The van der Waals surface area contributed by atoms with E-state index in [0.717, 1.165) is 18.7 Å². The molecule has 0 aliphatic carbocycles. The zero-order chi connectivity index (χ0) is 9.72. The third-order valence-electron chi connectivity index (χ3n) is 1.76. The average Bonchev–Trinajstić information content (AvgIpc) is 1.98. The third-order valence-corrected chi connectivity index (χ3v) is 1.76. The second-order valence-electron chi connectivity index (χ2n) is 2.83. The topological polar surface area (TPSA) is 40.5 Å². The van der Waals surface area contributed by atoms with Crippen LogP contribution in [0.25, 0.3) is 0 Å². The smallest absolute Gasteiger partial charge is 0.352 e. The van der Waals surface area contributed by atoms with Crippen LogP contribution in [0, 0.1) is 0 Å². The van der Waals surface area contributed by atoms with E-state index in [1.54, 1.807) is 0 Å². The predicted octanol–water partition coefficient (Wildman–Crippen LogP) is 1.71. The number of allylic oxidation sites excluding steroid dienone is 1. The Balaban J connectivity index is 4.74. The van der Waals surface area contributed by atoms with E-state index < -0.39 is 5.97 Å². The van der Waals surface area contributed by atoms with E-state index in [9.17, 15) is 4.79 Å². The molecule has 0 aromatic carbocycles. The van der Waals surface area contributed by atoms with Gasteiger partial charge in [-0.1, -0.05) is 0 Å². The first-order valence-corrected chi connectivity index (χ1v) is 4.20. The number of hydrogen-bond acceptors (Lipinski definition) is 2. The van der Waals surface area contributed by atoms with Crippen LogP contribution < -0.4 is 0 Å². The van der Waals surface area contributed by atoms with Crippen LogP contribution in [0.4, 0.5) is 0 Å². The van der Waals surface area contributed by atoms with Crippen LogP contribution in [0.15, 0.2) is 11.3 Å². The zero-order valence-electron chi connectivity index (χ0n) is 8.22.